The van der Waals surface area contributed by atoms with Gasteiger partial charge in [-0.3, -0.25) is 0 Å². The number of aliphatic hydroxyl groups is 1. The minimum absolute atomic E-state index is 0.133. The number of carbonyl (C=O) groups excluding carboxylic acids is 1. The van der Waals surface area contributed by atoms with E-state index in [0.29, 0.717) is 13.1 Å². The van der Waals surface area contributed by atoms with Gasteiger partial charge in [0.2, 0.25) is 0 Å². The fourth-order valence-electron chi connectivity index (χ4n) is 2.69. The SMILES string of the molecule is CCN(CC(C)(C)O)C(=O)NCC1(c2cccc(F)c2)CC1. The molecule has 0 atom stereocenters. The number of benzene rings is 1. The quantitative estimate of drug-likeness (QED) is 0.849. The monoisotopic (exact) mass is 308 g/mol. The van der Waals surface area contributed by atoms with Gasteiger partial charge in [-0.05, 0) is 51.3 Å². The molecule has 0 bridgehead atoms. The second-order valence-corrected chi connectivity index (χ2v) is 6.78. The number of nitrogens with one attached hydrogen (secondary N) is 1. The van der Waals surface area contributed by atoms with E-state index in [9.17, 15) is 14.3 Å². The number of rotatable bonds is 6. The summed E-state index contributed by atoms with van der Waals surface area (Å²) < 4.78 is 13.4. The predicted molar refractivity (Wildman–Crippen MR) is 84.3 cm³/mol. The van der Waals surface area contributed by atoms with E-state index in [-0.39, 0.29) is 23.8 Å². The van der Waals surface area contributed by atoms with Crippen molar-refractivity contribution in [2.24, 2.45) is 0 Å². The molecule has 122 valence electrons. The summed E-state index contributed by atoms with van der Waals surface area (Å²) in [5.74, 6) is -0.243. The van der Waals surface area contributed by atoms with Crippen molar-refractivity contribution in [3.8, 4) is 0 Å². The summed E-state index contributed by atoms with van der Waals surface area (Å²) >= 11 is 0. The lowest BCUT2D eigenvalue weighted by atomic mass is 9.96. The van der Waals surface area contributed by atoms with Crippen LogP contribution in [0.5, 0.6) is 0 Å². The Morgan fingerprint density at radius 1 is 1.45 bits per heavy atom. The molecule has 2 amide bonds. The molecule has 1 aromatic carbocycles. The summed E-state index contributed by atoms with van der Waals surface area (Å²) in [6.45, 7) is 6.55. The lowest BCUT2D eigenvalue weighted by molar-refractivity contribution is 0.0479. The first-order valence-corrected chi connectivity index (χ1v) is 7.77. The van der Waals surface area contributed by atoms with Gasteiger partial charge in [-0.25, -0.2) is 9.18 Å². The van der Waals surface area contributed by atoms with E-state index in [1.165, 1.54) is 6.07 Å². The van der Waals surface area contributed by atoms with Crippen LogP contribution in [0.3, 0.4) is 0 Å². The van der Waals surface area contributed by atoms with Crippen LogP contribution in [0.15, 0.2) is 24.3 Å². The van der Waals surface area contributed by atoms with E-state index in [1.807, 2.05) is 13.0 Å². The molecule has 0 aromatic heterocycles. The van der Waals surface area contributed by atoms with Gasteiger partial charge < -0.3 is 15.3 Å². The van der Waals surface area contributed by atoms with Gasteiger partial charge in [0.05, 0.1) is 12.1 Å². The highest BCUT2D eigenvalue weighted by molar-refractivity contribution is 5.74. The number of halogens is 1. The van der Waals surface area contributed by atoms with Crippen molar-refractivity contribution in [2.75, 3.05) is 19.6 Å². The molecule has 1 aliphatic rings. The van der Waals surface area contributed by atoms with Gasteiger partial charge in [0, 0.05) is 18.5 Å². The number of likely N-dealkylation sites (N-methyl/N-ethyl adjacent to an activating group) is 1. The van der Waals surface area contributed by atoms with Crippen molar-refractivity contribution in [1.29, 1.82) is 0 Å². The van der Waals surface area contributed by atoms with Crippen LogP contribution in [0.4, 0.5) is 9.18 Å². The minimum Gasteiger partial charge on any atom is -0.389 e. The molecule has 0 unspecified atom stereocenters. The number of carbonyl (C=O) groups is 1. The van der Waals surface area contributed by atoms with Crippen molar-refractivity contribution >= 4 is 6.03 Å². The Hall–Kier alpha value is -1.62. The maximum atomic E-state index is 13.4. The van der Waals surface area contributed by atoms with Gasteiger partial charge in [-0.1, -0.05) is 12.1 Å². The Bertz CT molecular complexity index is 536. The molecule has 0 radical (unpaired) electrons. The third-order valence-corrected chi connectivity index (χ3v) is 4.12. The zero-order valence-corrected chi connectivity index (χ0v) is 13.5. The standard InChI is InChI=1S/C17H25FN2O2/c1-4-20(12-16(2,3)22)15(21)19-11-17(8-9-17)13-6-5-7-14(18)10-13/h5-7,10,22H,4,8-9,11-12H2,1-3H3,(H,19,21). The van der Waals surface area contributed by atoms with Crippen molar-refractivity contribution in [1.82, 2.24) is 10.2 Å². The first-order chi connectivity index (χ1) is 10.3. The molecule has 0 aliphatic heterocycles. The second kappa shape index (κ2) is 6.24. The van der Waals surface area contributed by atoms with Crippen LogP contribution in [0, 0.1) is 5.82 Å². The highest BCUT2D eigenvalue weighted by Gasteiger charge is 2.44. The molecule has 0 spiro atoms. The molecule has 1 aliphatic carbocycles. The minimum atomic E-state index is -0.923. The van der Waals surface area contributed by atoms with E-state index in [4.69, 9.17) is 0 Å². The summed E-state index contributed by atoms with van der Waals surface area (Å²) in [7, 11) is 0. The molecule has 2 N–H and O–H groups in total. The van der Waals surface area contributed by atoms with Gasteiger partial charge in [0.1, 0.15) is 5.82 Å². The molecule has 22 heavy (non-hydrogen) atoms. The van der Waals surface area contributed by atoms with Crippen molar-refractivity contribution in [2.45, 2.75) is 44.6 Å². The van der Waals surface area contributed by atoms with E-state index in [2.05, 4.69) is 5.32 Å². The van der Waals surface area contributed by atoms with Crippen molar-refractivity contribution in [3.05, 3.63) is 35.6 Å². The van der Waals surface area contributed by atoms with Crippen molar-refractivity contribution in [3.63, 3.8) is 0 Å². The van der Waals surface area contributed by atoms with Gasteiger partial charge in [-0.2, -0.15) is 0 Å². The molecule has 4 nitrogen and oxygen atoms in total. The lowest BCUT2D eigenvalue weighted by Gasteiger charge is -2.29. The van der Waals surface area contributed by atoms with Gasteiger partial charge >= 0.3 is 6.03 Å². The molecule has 1 aromatic rings. The molecule has 1 saturated carbocycles. The highest BCUT2D eigenvalue weighted by Crippen LogP contribution is 2.47. The van der Waals surface area contributed by atoms with Crippen LogP contribution in [-0.2, 0) is 5.41 Å². The average molecular weight is 308 g/mol. The van der Waals surface area contributed by atoms with E-state index in [1.54, 1.807) is 30.9 Å². The largest absolute Gasteiger partial charge is 0.389 e. The summed E-state index contributed by atoms with van der Waals surface area (Å²) in [5.41, 5.74) is -0.114. The van der Waals surface area contributed by atoms with E-state index < -0.39 is 5.60 Å². The number of amides is 2. The van der Waals surface area contributed by atoms with Crippen molar-refractivity contribution < 1.29 is 14.3 Å². The summed E-state index contributed by atoms with van der Waals surface area (Å²) in [6.07, 6.45) is 1.91. The van der Waals surface area contributed by atoms with Crippen LogP contribution in [0.1, 0.15) is 39.2 Å². The highest BCUT2D eigenvalue weighted by atomic mass is 19.1. The Balaban J connectivity index is 1.96. The third kappa shape index (κ3) is 4.19. The zero-order valence-electron chi connectivity index (χ0n) is 13.5. The topological polar surface area (TPSA) is 52.6 Å². The van der Waals surface area contributed by atoms with Crippen LogP contribution >= 0.6 is 0 Å². The maximum absolute atomic E-state index is 13.4. The maximum Gasteiger partial charge on any atom is 0.317 e. The van der Waals surface area contributed by atoms with Crippen LogP contribution in [0.25, 0.3) is 0 Å². The number of hydrogen-bond donors (Lipinski definition) is 2. The molecular formula is C17H25FN2O2. The molecule has 0 heterocycles. The van der Waals surface area contributed by atoms with Crippen LogP contribution < -0.4 is 5.32 Å². The number of nitrogens with zero attached hydrogens (tertiary/aromatic N) is 1. The van der Waals surface area contributed by atoms with E-state index in [0.717, 1.165) is 18.4 Å². The van der Waals surface area contributed by atoms with Crippen LogP contribution in [0.2, 0.25) is 0 Å². The predicted octanol–water partition coefficient (Wildman–Crippen LogP) is 2.66. The summed E-state index contributed by atoms with van der Waals surface area (Å²) in [5, 5.41) is 12.8. The summed E-state index contributed by atoms with van der Waals surface area (Å²) in [4.78, 5) is 13.8. The van der Waals surface area contributed by atoms with Crippen LogP contribution in [-0.4, -0.2) is 41.3 Å². The fourth-order valence-corrected chi connectivity index (χ4v) is 2.69. The Labute approximate surface area is 131 Å². The number of urea groups is 1. The zero-order chi connectivity index (χ0) is 16.4. The molecular weight excluding hydrogens is 283 g/mol. The van der Waals surface area contributed by atoms with Gasteiger partial charge in [0.25, 0.3) is 0 Å². The van der Waals surface area contributed by atoms with Gasteiger partial charge in [0.15, 0.2) is 0 Å². The third-order valence-electron chi connectivity index (χ3n) is 4.12. The smallest absolute Gasteiger partial charge is 0.317 e. The Morgan fingerprint density at radius 2 is 2.14 bits per heavy atom. The van der Waals surface area contributed by atoms with E-state index >= 15 is 0 Å². The molecule has 5 heteroatoms. The fraction of sp³-hybridized carbons (Fsp3) is 0.588. The summed E-state index contributed by atoms with van der Waals surface area (Å²) in [6, 6.07) is 6.41. The first kappa shape index (κ1) is 16.7. The molecule has 1 fully saturated rings. The Kier molecular flexibility index (Phi) is 4.75. The first-order valence-electron chi connectivity index (χ1n) is 7.77. The Morgan fingerprint density at radius 3 is 2.64 bits per heavy atom. The normalized spacial score (nSPS) is 16.2. The second-order valence-electron chi connectivity index (χ2n) is 6.78. The molecule has 0 saturated heterocycles. The van der Waals surface area contributed by atoms with Gasteiger partial charge in [-0.15, -0.1) is 0 Å². The lowest BCUT2D eigenvalue weighted by Crippen LogP contribution is -2.48. The molecule has 2 rings (SSSR count). The average Bonchev–Trinajstić information content (AvgIpc) is 3.22. The number of hydrogen-bond acceptors (Lipinski definition) is 2.